The van der Waals surface area contributed by atoms with Gasteiger partial charge in [-0.15, -0.1) is 0 Å². The minimum atomic E-state index is -0.151. The van der Waals surface area contributed by atoms with Crippen molar-refractivity contribution in [2.45, 2.75) is 26.3 Å². The molecule has 2 rings (SSSR count). The summed E-state index contributed by atoms with van der Waals surface area (Å²) in [4.78, 5) is 12.4. The molecule has 1 N–H and O–H groups in total. The highest BCUT2D eigenvalue weighted by molar-refractivity contribution is 5.79. The Labute approximate surface area is 148 Å². The number of para-hydroxylation sites is 1. The van der Waals surface area contributed by atoms with Crippen LogP contribution in [0.4, 0.5) is 0 Å². The van der Waals surface area contributed by atoms with Gasteiger partial charge in [0, 0.05) is 5.56 Å². The molecule has 5 heteroatoms. The van der Waals surface area contributed by atoms with Crippen molar-refractivity contribution in [3.05, 3.63) is 53.1 Å². The lowest BCUT2D eigenvalue weighted by atomic mass is 10.0. The Morgan fingerprint density at radius 3 is 2.24 bits per heavy atom. The van der Waals surface area contributed by atoms with Gasteiger partial charge in [-0.1, -0.05) is 18.2 Å². The van der Waals surface area contributed by atoms with Crippen LogP contribution in [0, 0.1) is 6.92 Å². The number of amides is 1. The normalized spacial score (nSPS) is 11.6. The van der Waals surface area contributed by atoms with E-state index in [1.807, 2.05) is 50.2 Å². The lowest BCUT2D eigenvalue weighted by Crippen LogP contribution is -2.28. The lowest BCUT2D eigenvalue weighted by Gasteiger charge is -2.19. The summed E-state index contributed by atoms with van der Waals surface area (Å²) in [7, 11) is 4.81. The summed E-state index contributed by atoms with van der Waals surface area (Å²) in [5, 5.41) is 3.03. The molecule has 25 heavy (non-hydrogen) atoms. The average Bonchev–Trinajstić information content (AvgIpc) is 2.61. The maximum atomic E-state index is 12.4. The molecule has 1 amide bonds. The summed E-state index contributed by atoms with van der Waals surface area (Å²) in [6.07, 6.45) is 0.265. The van der Waals surface area contributed by atoms with Gasteiger partial charge in [0.05, 0.1) is 33.8 Å². The minimum absolute atomic E-state index is 0.0637. The Balaban J connectivity index is 2.13. The summed E-state index contributed by atoms with van der Waals surface area (Å²) in [5.74, 6) is 1.98. The molecule has 0 radical (unpaired) electrons. The second-order valence-electron chi connectivity index (χ2n) is 5.84. The zero-order valence-electron chi connectivity index (χ0n) is 15.4. The van der Waals surface area contributed by atoms with Crippen LogP contribution in [0.2, 0.25) is 0 Å². The predicted molar refractivity (Wildman–Crippen MR) is 97.5 cm³/mol. The number of hydrogen-bond acceptors (Lipinski definition) is 4. The maximum absolute atomic E-state index is 12.4. The monoisotopic (exact) mass is 343 g/mol. The van der Waals surface area contributed by atoms with Crippen LogP contribution in [0.25, 0.3) is 0 Å². The van der Waals surface area contributed by atoms with E-state index in [-0.39, 0.29) is 18.4 Å². The first kappa shape index (κ1) is 18.6. The van der Waals surface area contributed by atoms with Crippen molar-refractivity contribution in [1.82, 2.24) is 5.32 Å². The molecule has 5 nitrogen and oxygen atoms in total. The van der Waals surface area contributed by atoms with E-state index in [2.05, 4.69) is 5.32 Å². The molecule has 134 valence electrons. The van der Waals surface area contributed by atoms with Crippen LogP contribution in [0.3, 0.4) is 0 Å². The molecule has 0 aliphatic carbocycles. The Hall–Kier alpha value is -2.69. The standard InChI is InChI=1S/C20H25NO4/c1-13-10-18(24-4)19(25-5)12-16(13)14(2)21-20(22)11-15-8-6-7-9-17(15)23-3/h6-10,12,14H,11H2,1-5H3,(H,21,22). The number of benzene rings is 2. The summed E-state index contributed by atoms with van der Waals surface area (Å²) in [6.45, 7) is 3.94. The molecule has 0 heterocycles. The smallest absolute Gasteiger partial charge is 0.225 e. The largest absolute Gasteiger partial charge is 0.496 e. The molecule has 2 aromatic rings. The lowest BCUT2D eigenvalue weighted by molar-refractivity contribution is -0.121. The van der Waals surface area contributed by atoms with Crippen molar-refractivity contribution >= 4 is 5.91 Å². The molecule has 0 aromatic heterocycles. The molecule has 0 saturated heterocycles. The van der Waals surface area contributed by atoms with Crippen LogP contribution in [0.15, 0.2) is 36.4 Å². The molecular formula is C20H25NO4. The number of carbonyl (C=O) groups excluding carboxylic acids is 1. The van der Waals surface area contributed by atoms with Crippen molar-refractivity contribution in [2.24, 2.45) is 0 Å². The molecule has 0 aliphatic rings. The highest BCUT2D eigenvalue weighted by Gasteiger charge is 2.16. The highest BCUT2D eigenvalue weighted by Crippen LogP contribution is 2.32. The van der Waals surface area contributed by atoms with E-state index in [0.29, 0.717) is 17.2 Å². The summed E-state index contributed by atoms with van der Waals surface area (Å²) in [6, 6.07) is 11.2. The van der Waals surface area contributed by atoms with Crippen molar-refractivity contribution in [3.8, 4) is 17.2 Å². The zero-order chi connectivity index (χ0) is 18.4. The van der Waals surface area contributed by atoms with Gasteiger partial charge in [0.15, 0.2) is 11.5 Å². The minimum Gasteiger partial charge on any atom is -0.496 e. The van der Waals surface area contributed by atoms with E-state index < -0.39 is 0 Å². The van der Waals surface area contributed by atoms with Gasteiger partial charge >= 0.3 is 0 Å². The fourth-order valence-corrected chi connectivity index (χ4v) is 2.86. The molecule has 0 fully saturated rings. The maximum Gasteiger partial charge on any atom is 0.225 e. The Morgan fingerprint density at radius 1 is 1.00 bits per heavy atom. The van der Waals surface area contributed by atoms with Gasteiger partial charge in [-0.2, -0.15) is 0 Å². The second kappa shape index (κ2) is 8.42. The van der Waals surface area contributed by atoms with Crippen LogP contribution < -0.4 is 19.5 Å². The number of nitrogens with one attached hydrogen (secondary N) is 1. The number of methoxy groups -OCH3 is 3. The first-order chi connectivity index (χ1) is 12.0. The molecule has 0 saturated carbocycles. The Kier molecular flexibility index (Phi) is 6.28. The third-order valence-corrected chi connectivity index (χ3v) is 4.16. The van der Waals surface area contributed by atoms with Crippen LogP contribution >= 0.6 is 0 Å². The van der Waals surface area contributed by atoms with E-state index in [1.165, 1.54) is 0 Å². The fourth-order valence-electron chi connectivity index (χ4n) is 2.86. The quantitative estimate of drug-likeness (QED) is 0.837. The molecule has 0 spiro atoms. The van der Waals surface area contributed by atoms with Gasteiger partial charge in [-0.3, -0.25) is 4.79 Å². The summed E-state index contributed by atoms with van der Waals surface area (Å²) >= 11 is 0. The van der Waals surface area contributed by atoms with E-state index in [9.17, 15) is 4.79 Å². The van der Waals surface area contributed by atoms with E-state index in [4.69, 9.17) is 14.2 Å². The molecule has 2 aromatic carbocycles. The summed E-state index contributed by atoms with van der Waals surface area (Å²) < 4.78 is 16.0. The molecule has 0 bridgehead atoms. The van der Waals surface area contributed by atoms with E-state index >= 15 is 0 Å². The first-order valence-electron chi connectivity index (χ1n) is 8.14. The highest BCUT2D eigenvalue weighted by atomic mass is 16.5. The van der Waals surface area contributed by atoms with Crippen molar-refractivity contribution in [1.29, 1.82) is 0 Å². The number of rotatable bonds is 7. The molecule has 1 atom stereocenters. The van der Waals surface area contributed by atoms with Crippen LogP contribution in [0.1, 0.15) is 29.7 Å². The van der Waals surface area contributed by atoms with E-state index in [0.717, 1.165) is 16.7 Å². The average molecular weight is 343 g/mol. The van der Waals surface area contributed by atoms with Gasteiger partial charge in [0.1, 0.15) is 5.75 Å². The third-order valence-electron chi connectivity index (χ3n) is 4.16. The molecular weight excluding hydrogens is 318 g/mol. The first-order valence-corrected chi connectivity index (χ1v) is 8.14. The third kappa shape index (κ3) is 4.44. The van der Waals surface area contributed by atoms with Crippen LogP contribution in [0.5, 0.6) is 17.2 Å². The Morgan fingerprint density at radius 2 is 1.60 bits per heavy atom. The van der Waals surface area contributed by atoms with Crippen LogP contribution in [-0.4, -0.2) is 27.2 Å². The predicted octanol–water partition coefficient (Wildman–Crippen LogP) is 3.44. The molecule has 1 unspecified atom stereocenters. The summed E-state index contributed by atoms with van der Waals surface area (Å²) in [5.41, 5.74) is 2.88. The Bertz CT molecular complexity index is 742. The number of aryl methyl sites for hydroxylation is 1. The number of carbonyl (C=O) groups is 1. The zero-order valence-corrected chi connectivity index (χ0v) is 15.4. The molecule has 0 aliphatic heterocycles. The van der Waals surface area contributed by atoms with Crippen molar-refractivity contribution in [3.63, 3.8) is 0 Å². The van der Waals surface area contributed by atoms with Gasteiger partial charge in [0.2, 0.25) is 5.91 Å². The van der Waals surface area contributed by atoms with E-state index in [1.54, 1.807) is 21.3 Å². The number of hydrogen-bond donors (Lipinski definition) is 1. The van der Waals surface area contributed by atoms with Crippen molar-refractivity contribution in [2.75, 3.05) is 21.3 Å². The van der Waals surface area contributed by atoms with Gasteiger partial charge in [-0.05, 0) is 43.2 Å². The van der Waals surface area contributed by atoms with Gasteiger partial charge in [-0.25, -0.2) is 0 Å². The number of ether oxygens (including phenoxy) is 3. The van der Waals surface area contributed by atoms with Crippen molar-refractivity contribution < 1.29 is 19.0 Å². The second-order valence-corrected chi connectivity index (χ2v) is 5.84. The van der Waals surface area contributed by atoms with Gasteiger partial charge < -0.3 is 19.5 Å². The fraction of sp³-hybridized carbons (Fsp3) is 0.350. The topological polar surface area (TPSA) is 56.8 Å². The SMILES string of the molecule is COc1ccccc1CC(=O)NC(C)c1cc(OC)c(OC)cc1C. The van der Waals surface area contributed by atoms with Crippen LogP contribution in [-0.2, 0) is 11.2 Å². The van der Waals surface area contributed by atoms with Gasteiger partial charge in [0.25, 0.3) is 0 Å².